The largest absolute Gasteiger partial charge is 0.479 e. The molecule has 0 aromatic heterocycles. The molecule has 0 heterocycles. The van der Waals surface area contributed by atoms with Crippen molar-refractivity contribution in [1.82, 2.24) is 0 Å². The fraction of sp³-hybridized carbons (Fsp3) is 0.429. The summed E-state index contributed by atoms with van der Waals surface area (Å²) in [6.45, 7) is 11.5. The first-order valence-electron chi connectivity index (χ1n) is 12.3. The lowest BCUT2D eigenvalue weighted by atomic mass is 10.2. The monoisotopic (exact) mass is 544 g/mol. The standard InChI is InChI=1S/C28H36O9Si/c1-18(24(29)30)34-25(31)19(2)35-26(32)20(3)36-27(33)21(4)37-38(28(5,6)7,22-14-10-8-11-15-22)23-16-12-9-13-17-23/h8-21H,1-7H3,(H,29,30)/t18-,19-,20-,21-/m0/s1. The number of carbonyl (C=O) groups excluding carboxylic acids is 3. The van der Waals surface area contributed by atoms with E-state index in [0.717, 1.165) is 10.4 Å². The molecule has 0 aliphatic rings. The van der Waals surface area contributed by atoms with Crippen LogP contribution >= 0.6 is 0 Å². The van der Waals surface area contributed by atoms with Crippen LogP contribution in [0.5, 0.6) is 0 Å². The van der Waals surface area contributed by atoms with Crippen molar-refractivity contribution in [2.45, 2.75) is 77.9 Å². The molecule has 0 saturated heterocycles. The molecule has 10 heteroatoms. The zero-order valence-corrected chi connectivity index (χ0v) is 23.8. The third-order valence-corrected chi connectivity index (χ3v) is 11.1. The van der Waals surface area contributed by atoms with Gasteiger partial charge in [0.05, 0.1) is 0 Å². The van der Waals surface area contributed by atoms with Crippen LogP contribution in [-0.2, 0) is 37.8 Å². The summed E-state index contributed by atoms with van der Waals surface area (Å²) in [7, 11) is -3.05. The maximum atomic E-state index is 13.1. The Labute approximate surface area is 224 Å². The molecular weight excluding hydrogens is 508 g/mol. The van der Waals surface area contributed by atoms with Gasteiger partial charge in [-0.05, 0) is 43.1 Å². The third kappa shape index (κ3) is 7.29. The van der Waals surface area contributed by atoms with E-state index in [1.54, 1.807) is 6.92 Å². The first-order chi connectivity index (χ1) is 17.7. The van der Waals surface area contributed by atoms with Crippen molar-refractivity contribution in [3.05, 3.63) is 60.7 Å². The topological polar surface area (TPSA) is 125 Å². The van der Waals surface area contributed by atoms with E-state index in [9.17, 15) is 19.2 Å². The zero-order valence-electron chi connectivity index (χ0n) is 22.8. The molecule has 4 atom stereocenters. The smallest absolute Gasteiger partial charge is 0.347 e. The van der Waals surface area contributed by atoms with Gasteiger partial charge in [0.15, 0.2) is 18.3 Å². The molecule has 0 spiro atoms. The van der Waals surface area contributed by atoms with Gasteiger partial charge in [0, 0.05) is 0 Å². The Balaban J connectivity index is 2.20. The summed E-state index contributed by atoms with van der Waals surface area (Å²) in [5.74, 6) is -4.12. The summed E-state index contributed by atoms with van der Waals surface area (Å²) in [6, 6.07) is 19.5. The molecule has 0 saturated carbocycles. The molecule has 38 heavy (non-hydrogen) atoms. The SMILES string of the molecule is C[C@H](OC(=O)[C@H](C)OC(=O)[C@H](C)OC(=O)[C@H](C)O[Si](c1ccccc1)(c1ccccc1)C(C)(C)C)C(=O)O. The second kappa shape index (κ2) is 12.8. The zero-order chi connectivity index (χ0) is 28.7. The molecule has 2 aromatic rings. The lowest BCUT2D eigenvalue weighted by Gasteiger charge is -2.44. The fourth-order valence-electron chi connectivity index (χ4n) is 3.96. The van der Waals surface area contributed by atoms with Crippen molar-refractivity contribution < 1.29 is 42.9 Å². The van der Waals surface area contributed by atoms with Crippen molar-refractivity contribution in [2.75, 3.05) is 0 Å². The van der Waals surface area contributed by atoms with Crippen LogP contribution in [0.25, 0.3) is 0 Å². The molecule has 0 aliphatic heterocycles. The lowest BCUT2D eigenvalue weighted by Crippen LogP contribution is -2.68. The Bertz CT molecular complexity index is 1070. The third-order valence-electron chi connectivity index (χ3n) is 5.99. The van der Waals surface area contributed by atoms with Crippen LogP contribution in [0.1, 0.15) is 48.5 Å². The van der Waals surface area contributed by atoms with Gasteiger partial charge in [-0.2, -0.15) is 0 Å². The highest BCUT2D eigenvalue weighted by molar-refractivity contribution is 6.99. The number of carbonyl (C=O) groups is 4. The Hall–Kier alpha value is -3.50. The number of benzene rings is 2. The number of hydrogen-bond donors (Lipinski definition) is 1. The molecule has 2 aromatic carbocycles. The van der Waals surface area contributed by atoms with E-state index >= 15 is 0 Å². The molecule has 206 valence electrons. The predicted molar refractivity (Wildman–Crippen MR) is 142 cm³/mol. The van der Waals surface area contributed by atoms with Crippen molar-refractivity contribution in [3.63, 3.8) is 0 Å². The molecule has 0 radical (unpaired) electrons. The molecular formula is C28H36O9Si. The van der Waals surface area contributed by atoms with Gasteiger partial charge in [0.2, 0.25) is 0 Å². The van der Waals surface area contributed by atoms with Gasteiger partial charge in [-0.25, -0.2) is 19.2 Å². The van der Waals surface area contributed by atoms with Gasteiger partial charge in [-0.15, -0.1) is 0 Å². The van der Waals surface area contributed by atoms with Gasteiger partial charge >= 0.3 is 23.9 Å². The normalized spacial score (nSPS) is 14.9. The van der Waals surface area contributed by atoms with Gasteiger partial charge in [0.25, 0.3) is 8.32 Å². The van der Waals surface area contributed by atoms with E-state index in [-0.39, 0.29) is 5.04 Å². The average molecular weight is 545 g/mol. The molecule has 1 N–H and O–H groups in total. The fourth-order valence-corrected chi connectivity index (χ4v) is 8.60. The number of esters is 3. The van der Waals surface area contributed by atoms with E-state index in [1.165, 1.54) is 20.8 Å². The highest BCUT2D eigenvalue weighted by atomic mass is 28.4. The maximum absolute atomic E-state index is 13.1. The lowest BCUT2D eigenvalue weighted by molar-refractivity contribution is -0.182. The van der Waals surface area contributed by atoms with Crippen LogP contribution in [0.3, 0.4) is 0 Å². The average Bonchev–Trinajstić information content (AvgIpc) is 2.86. The van der Waals surface area contributed by atoms with Crippen molar-refractivity contribution in [1.29, 1.82) is 0 Å². The second-order valence-corrected chi connectivity index (χ2v) is 14.3. The minimum Gasteiger partial charge on any atom is -0.479 e. The highest BCUT2D eigenvalue weighted by Crippen LogP contribution is 2.37. The number of aliphatic carboxylic acids is 1. The van der Waals surface area contributed by atoms with Crippen LogP contribution in [0.2, 0.25) is 5.04 Å². The summed E-state index contributed by atoms with van der Waals surface area (Å²) in [5, 5.41) is 10.4. The number of carboxylic acids is 1. The van der Waals surface area contributed by atoms with E-state index < -0.39 is 56.6 Å². The second-order valence-electron chi connectivity index (χ2n) is 10.00. The quantitative estimate of drug-likeness (QED) is 0.258. The Kier molecular flexibility index (Phi) is 10.4. The molecule has 0 amide bonds. The number of rotatable bonds is 11. The van der Waals surface area contributed by atoms with E-state index in [2.05, 4.69) is 20.8 Å². The summed E-state index contributed by atoms with van der Waals surface area (Å²) < 4.78 is 21.7. The van der Waals surface area contributed by atoms with Crippen LogP contribution in [0.4, 0.5) is 0 Å². The number of carboxylic acid groups (broad SMARTS) is 1. The van der Waals surface area contributed by atoms with Crippen LogP contribution in [0, 0.1) is 0 Å². The van der Waals surface area contributed by atoms with E-state index in [4.69, 9.17) is 23.7 Å². The van der Waals surface area contributed by atoms with Crippen molar-refractivity contribution >= 4 is 42.6 Å². The summed E-state index contributed by atoms with van der Waals surface area (Å²) in [5.41, 5.74) is 0. The molecule has 0 aliphatic carbocycles. The molecule has 9 nitrogen and oxygen atoms in total. The molecule has 0 fully saturated rings. The predicted octanol–water partition coefficient (Wildman–Crippen LogP) is 2.83. The first kappa shape index (κ1) is 30.7. The highest BCUT2D eigenvalue weighted by Gasteiger charge is 2.52. The van der Waals surface area contributed by atoms with Crippen LogP contribution in [-0.4, -0.2) is 61.7 Å². The van der Waals surface area contributed by atoms with E-state index in [0.29, 0.717) is 0 Å². The molecule has 0 bridgehead atoms. The minimum absolute atomic E-state index is 0.377. The van der Waals surface area contributed by atoms with Crippen LogP contribution in [0.15, 0.2) is 60.7 Å². The summed E-state index contributed by atoms with van der Waals surface area (Å²) in [4.78, 5) is 48.4. The Morgan fingerprint density at radius 1 is 0.632 bits per heavy atom. The molecule has 2 rings (SSSR count). The Morgan fingerprint density at radius 3 is 1.32 bits per heavy atom. The Morgan fingerprint density at radius 2 is 0.974 bits per heavy atom. The first-order valence-corrected chi connectivity index (χ1v) is 14.2. The maximum Gasteiger partial charge on any atom is 0.347 e. The van der Waals surface area contributed by atoms with Crippen LogP contribution < -0.4 is 10.4 Å². The minimum atomic E-state index is -3.05. The van der Waals surface area contributed by atoms with Crippen molar-refractivity contribution in [2.24, 2.45) is 0 Å². The van der Waals surface area contributed by atoms with Gasteiger partial charge in [-0.1, -0.05) is 81.4 Å². The van der Waals surface area contributed by atoms with Gasteiger partial charge < -0.3 is 23.7 Å². The van der Waals surface area contributed by atoms with Gasteiger partial charge in [-0.3, -0.25) is 0 Å². The number of ether oxygens (including phenoxy) is 3. The molecule has 0 unspecified atom stereocenters. The van der Waals surface area contributed by atoms with Gasteiger partial charge in [0.1, 0.15) is 6.10 Å². The summed E-state index contributed by atoms with van der Waals surface area (Å²) in [6.07, 6.45) is -5.18. The number of hydrogen-bond acceptors (Lipinski definition) is 8. The summed E-state index contributed by atoms with van der Waals surface area (Å²) >= 11 is 0. The van der Waals surface area contributed by atoms with E-state index in [1.807, 2.05) is 60.7 Å². The van der Waals surface area contributed by atoms with Crippen molar-refractivity contribution in [3.8, 4) is 0 Å².